The fraction of sp³-hybridized carbons (Fsp3) is 0.350. The van der Waals surface area contributed by atoms with E-state index in [0.717, 1.165) is 0 Å². The lowest BCUT2D eigenvalue weighted by Gasteiger charge is -2.47. The second kappa shape index (κ2) is 6.29. The zero-order valence-electron chi connectivity index (χ0n) is 14.9. The third-order valence-electron chi connectivity index (χ3n) is 4.79. The van der Waals surface area contributed by atoms with Crippen molar-refractivity contribution in [3.8, 4) is 6.07 Å². The minimum absolute atomic E-state index is 0.105. The highest BCUT2D eigenvalue weighted by Crippen LogP contribution is 2.53. The molecule has 4 nitrogen and oxygen atoms in total. The van der Waals surface area contributed by atoms with E-state index in [1.807, 2.05) is 6.07 Å². The van der Waals surface area contributed by atoms with E-state index in [0.29, 0.717) is 12.1 Å². The van der Waals surface area contributed by atoms with Crippen LogP contribution in [0.3, 0.4) is 0 Å². The number of nitrogens with zero attached hydrogens (tertiary/aromatic N) is 2. The summed E-state index contributed by atoms with van der Waals surface area (Å²) in [5.74, 6) is -1.23. The van der Waals surface area contributed by atoms with Gasteiger partial charge in [-0.15, -0.1) is 0 Å². The van der Waals surface area contributed by atoms with Gasteiger partial charge in [0.15, 0.2) is 5.78 Å². The van der Waals surface area contributed by atoms with E-state index >= 15 is 0 Å². The van der Waals surface area contributed by atoms with E-state index in [9.17, 15) is 19.2 Å². The van der Waals surface area contributed by atoms with E-state index in [4.69, 9.17) is 0 Å². The maximum Gasteiger partial charge on any atom is 0.241 e. The van der Waals surface area contributed by atoms with Crippen molar-refractivity contribution in [1.29, 1.82) is 5.26 Å². The molecule has 130 valence electrons. The lowest BCUT2D eigenvalue weighted by molar-refractivity contribution is -0.136. The molecule has 1 aliphatic heterocycles. The molecule has 0 bridgehead atoms. The van der Waals surface area contributed by atoms with Gasteiger partial charge in [0.2, 0.25) is 5.91 Å². The molecule has 25 heavy (non-hydrogen) atoms. The highest BCUT2D eigenvalue weighted by molar-refractivity contribution is 6.10. The maximum absolute atomic E-state index is 14.1. The summed E-state index contributed by atoms with van der Waals surface area (Å²) < 4.78 is 14.1. The number of allylic oxidation sites excluding steroid dienone is 5. The van der Waals surface area contributed by atoms with Crippen LogP contribution in [0.4, 0.5) is 4.39 Å². The molecule has 0 aromatic heterocycles. The summed E-state index contributed by atoms with van der Waals surface area (Å²) in [6, 6.07) is 1.88. The molecule has 0 aromatic rings. The van der Waals surface area contributed by atoms with Crippen LogP contribution in [0, 0.1) is 22.2 Å². The van der Waals surface area contributed by atoms with Crippen LogP contribution in [0.1, 0.15) is 20.8 Å². The second-order valence-electron chi connectivity index (χ2n) is 6.79. The van der Waals surface area contributed by atoms with Gasteiger partial charge in [-0.1, -0.05) is 18.7 Å². The summed E-state index contributed by atoms with van der Waals surface area (Å²) in [4.78, 5) is 27.2. The molecule has 1 atom stereocenters. The summed E-state index contributed by atoms with van der Waals surface area (Å²) in [7, 11) is 1.62. The van der Waals surface area contributed by atoms with E-state index in [2.05, 4.69) is 6.58 Å². The molecule has 1 amide bonds. The van der Waals surface area contributed by atoms with Crippen LogP contribution in [-0.4, -0.2) is 30.2 Å². The van der Waals surface area contributed by atoms with Crippen molar-refractivity contribution in [2.24, 2.45) is 10.8 Å². The number of carbonyl (C=O) groups is 2. The fourth-order valence-corrected chi connectivity index (χ4v) is 3.49. The average Bonchev–Trinajstić information content (AvgIpc) is 2.54. The number of ketones is 1. The van der Waals surface area contributed by atoms with Crippen LogP contribution < -0.4 is 0 Å². The van der Waals surface area contributed by atoms with E-state index in [-0.39, 0.29) is 22.8 Å². The van der Waals surface area contributed by atoms with E-state index < -0.39 is 16.7 Å². The van der Waals surface area contributed by atoms with E-state index in [1.165, 1.54) is 29.2 Å². The molecular weight excluding hydrogens is 319 g/mol. The van der Waals surface area contributed by atoms with Crippen LogP contribution in [0.2, 0.25) is 0 Å². The van der Waals surface area contributed by atoms with Crippen LogP contribution in [-0.2, 0) is 9.59 Å². The Kier molecular flexibility index (Phi) is 4.68. The number of likely N-dealkylation sites (N-methyl/N-ethyl adjacent to an activating group) is 1. The molecule has 1 heterocycles. The Morgan fingerprint density at radius 1 is 1.44 bits per heavy atom. The quantitative estimate of drug-likeness (QED) is 0.584. The first-order valence-electron chi connectivity index (χ1n) is 7.96. The third-order valence-corrected chi connectivity index (χ3v) is 4.79. The first-order valence-corrected chi connectivity index (χ1v) is 7.96. The molecule has 0 aromatic carbocycles. The summed E-state index contributed by atoms with van der Waals surface area (Å²) >= 11 is 0. The number of Topliss-reactive ketones (excluding diaryl/α,β-unsaturated/α-hetero) is 1. The summed E-state index contributed by atoms with van der Waals surface area (Å²) in [6.07, 6.45) is 7.12. The van der Waals surface area contributed by atoms with Gasteiger partial charge in [-0.2, -0.15) is 5.26 Å². The van der Waals surface area contributed by atoms with Gasteiger partial charge in [-0.3, -0.25) is 9.59 Å². The molecule has 0 radical (unpaired) electrons. The molecule has 2 rings (SSSR count). The summed E-state index contributed by atoms with van der Waals surface area (Å²) in [5, 5.41) is 9.38. The largest absolute Gasteiger partial charge is 0.341 e. The molecule has 5 heteroatoms. The van der Waals surface area contributed by atoms with Gasteiger partial charge in [-0.25, -0.2) is 4.39 Å². The molecule has 0 spiro atoms. The Bertz CT molecular complexity index is 821. The van der Waals surface area contributed by atoms with Gasteiger partial charge in [0.25, 0.3) is 0 Å². The average molecular weight is 340 g/mol. The zero-order chi connectivity index (χ0) is 19.0. The minimum atomic E-state index is -1.42. The smallest absolute Gasteiger partial charge is 0.241 e. The number of hydrogen-bond acceptors (Lipinski definition) is 3. The molecule has 0 saturated carbocycles. The van der Waals surface area contributed by atoms with Crippen LogP contribution in [0.5, 0.6) is 0 Å². The number of amides is 1. The van der Waals surface area contributed by atoms with Gasteiger partial charge in [0, 0.05) is 13.6 Å². The molecule has 0 unspecified atom stereocenters. The maximum atomic E-state index is 14.1. The van der Waals surface area contributed by atoms with Gasteiger partial charge < -0.3 is 4.90 Å². The van der Waals surface area contributed by atoms with Crippen molar-refractivity contribution < 1.29 is 14.0 Å². The van der Waals surface area contributed by atoms with Crippen molar-refractivity contribution in [3.05, 3.63) is 59.5 Å². The molecule has 0 saturated heterocycles. The standard InChI is InChI=1S/C20H21FN2O2/c1-6-7-15(21)10-13(2)20-11-14(12-22)17(24)19(3,4)16(20)8-9-23(5)18(20)25/h6-8,10-11H,2,9H2,1,3-5H3/b7-6-,15-10+/t20-/m1/s1. The molecule has 0 N–H and O–H groups in total. The van der Waals surface area contributed by atoms with Crippen molar-refractivity contribution in [2.45, 2.75) is 20.8 Å². The van der Waals surface area contributed by atoms with Gasteiger partial charge in [0.05, 0.1) is 11.0 Å². The Morgan fingerprint density at radius 3 is 2.64 bits per heavy atom. The van der Waals surface area contributed by atoms with Crippen LogP contribution in [0.25, 0.3) is 0 Å². The minimum Gasteiger partial charge on any atom is -0.341 e. The number of fused-ring (bicyclic) bond motifs is 1. The predicted octanol–water partition coefficient (Wildman–Crippen LogP) is 3.42. The molecular formula is C20H21FN2O2. The van der Waals surface area contributed by atoms with Crippen molar-refractivity contribution in [2.75, 3.05) is 13.6 Å². The highest BCUT2D eigenvalue weighted by atomic mass is 19.1. The Morgan fingerprint density at radius 2 is 2.08 bits per heavy atom. The van der Waals surface area contributed by atoms with Crippen LogP contribution >= 0.6 is 0 Å². The highest BCUT2D eigenvalue weighted by Gasteiger charge is 2.56. The predicted molar refractivity (Wildman–Crippen MR) is 93.8 cm³/mol. The lowest BCUT2D eigenvalue weighted by Crippen LogP contribution is -2.53. The van der Waals surface area contributed by atoms with Gasteiger partial charge >= 0.3 is 0 Å². The Labute approximate surface area is 147 Å². The molecule has 0 fully saturated rings. The molecule has 2 aliphatic rings. The third kappa shape index (κ3) is 2.68. The fourth-order valence-electron chi connectivity index (χ4n) is 3.49. The van der Waals surface area contributed by atoms with Crippen molar-refractivity contribution in [1.82, 2.24) is 4.90 Å². The summed E-state index contributed by atoms with van der Waals surface area (Å²) in [5.41, 5.74) is -1.84. The SMILES string of the molecule is C=C(/C=C(F)\C=C/C)[C@]12C=C(C#N)C(=O)C(C)(C)C1=CCN(C)C2=O. The zero-order valence-corrected chi connectivity index (χ0v) is 14.9. The molecule has 1 aliphatic carbocycles. The van der Waals surface area contributed by atoms with Gasteiger partial charge in [-0.05, 0) is 50.1 Å². The van der Waals surface area contributed by atoms with Crippen molar-refractivity contribution in [3.63, 3.8) is 0 Å². The Hall–Kier alpha value is -2.74. The van der Waals surface area contributed by atoms with Gasteiger partial charge in [0.1, 0.15) is 17.3 Å². The number of carbonyl (C=O) groups excluding carboxylic acids is 2. The van der Waals surface area contributed by atoms with Crippen molar-refractivity contribution >= 4 is 11.7 Å². The van der Waals surface area contributed by atoms with E-state index in [1.54, 1.807) is 33.9 Å². The summed E-state index contributed by atoms with van der Waals surface area (Å²) in [6.45, 7) is 9.29. The first-order chi connectivity index (χ1) is 11.6. The number of halogens is 1. The lowest BCUT2D eigenvalue weighted by atomic mass is 9.56. The monoisotopic (exact) mass is 340 g/mol. The second-order valence-corrected chi connectivity index (χ2v) is 6.79. The Balaban J connectivity index is 2.82. The first kappa shape index (κ1) is 18.6. The number of nitriles is 1. The normalized spacial score (nSPS) is 26.1. The topological polar surface area (TPSA) is 61.2 Å². The number of rotatable bonds is 3. The number of hydrogen-bond donors (Lipinski definition) is 0. The van der Waals surface area contributed by atoms with Crippen LogP contribution in [0.15, 0.2) is 59.5 Å².